The summed E-state index contributed by atoms with van der Waals surface area (Å²) in [5.41, 5.74) is 0.726. The van der Waals surface area contributed by atoms with Gasteiger partial charge < -0.3 is 42.0 Å². The van der Waals surface area contributed by atoms with E-state index in [1.807, 2.05) is 6.92 Å². The van der Waals surface area contributed by atoms with Crippen LogP contribution in [0.1, 0.15) is 79.5 Å². The van der Waals surface area contributed by atoms with Gasteiger partial charge in [-0.3, -0.25) is 0 Å². The number of carbonyl (C=O) groups is 3. The number of halogens is 1. The van der Waals surface area contributed by atoms with Gasteiger partial charge >= 0.3 is 17.9 Å². The van der Waals surface area contributed by atoms with Gasteiger partial charge in [-0.2, -0.15) is 0 Å². The summed E-state index contributed by atoms with van der Waals surface area (Å²) in [6, 6.07) is 25.1. The first-order chi connectivity index (χ1) is 28.5. The van der Waals surface area contributed by atoms with Crippen LogP contribution in [0.2, 0.25) is 36.3 Å². The van der Waals surface area contributed by atoms with Crippen LogP contribution < -0.4 is 0 Å². The number of hydrogen-bond donors (Lipinski definition) is 0. The zero-order chi connectivity index (χ0) is 44.9. The van der Waals surface area contributed by atoms with E-state index in [0.29, 0.717) is 0 Å². The molecule has 12 nitrogen and oxygen atoms in total. The maximum Gasteiger partial charge on any atom is 0.338 e. The van der Waals surface area contributed by atoms with Crippen LogP contribution in [0.5, 0.6) is 0 Å². The van der Waals surface area contributed by atoms with E-state index >= 15 is 0 Å². The summed E-state index contributed by atoms with van der Waals surface area (Å²) in [6.07, 6.45) is -8.55. The highest BCUT2D eigenvalue weighted by Gasteiger charge is 2.55. The Labute approximate surface area is 377 Å². The third-order valence-electron chi connectivity index (χ3n) is 12.2. The Morgan fingerprint density at radius 3 is 1.38 bits per heavy atom. The third-order valence-corrected chi connectivity index (χ3v) is 22.4. The number of carbonyl (C=O) groups excluding carboxylic acids is 3. The molecule has 0 N–H and O–H groups in total. The van der Waals surface area contributed by atoms with Crippen molar-refractivity contribution in [2.24, 2.45) is 0 Å². The average molecular weight is 991 g/mol. The maximum atomic E-state index is 13.9. The quantitative estimate of drug-likeness (QED) is 0.0501. The fourth-order valence-electron chi connectivity index (χ4n) is 6.52. The summed E-state index contributed by atoms with van der Waals surface area (Å²) in [5.74, 6) is -2.18. The van der Waals surface area contributed by atoms with Crippen molar-refractivity contribution >= 4 is 57.1 Å². The normalized spacial score (nSPS) is 27.5. The van der Waals surface area contributed by atoms with E-state index in [0.717, 1.165) is 0 Å². The molecule has 0 unspecified atom stereocenters. The molecule has 61 heavy (non-hydrogen) atoms. The molecular formula is C46H63IO12Si2. The molecule has 0 bridgehead atoms. The highest BCUT2D eigenvalue weighted by atomic mass is 127. The van der Waals surface area contributed by atoms with Crippen molar-refractivity contribution in [2.75, 3.05) is 13.7 Å². The second-order valence-corrected chi connectivity index (χ2v) is 29.6. The minimum atomic E-state index is -2.36. The number of methoxy groups -OCH3 is 1. The molecule has 3 aromatic carbocycles. The predicted molar refractivity (Wildman–Crippen MR) is 245 cm³/mol. The van der Waals surface area contributed by atoms with Crippen LogP contribution in [-0.2, 0) is 42.0 Å². The Bertz CT molecular complexity index is 1900. The van der Waals surface area contributed by atoms with Gasteiger partial charge in [-0.1, -0.05) is 119 Å². The van der Waals surface area contributed by atoms with Gasteiger partial charge in [-0.05, 0) is 79.6 Å². The molecule has 334 valence electrons. The second kappa shape index (κ2) is 20.2. The lowest BCUT2D eigenvalue weighted by Crippen LogP contribution is -2.65. The van der Waals surface area contributed by atoms with Gasteiger partial charge in [0.15, 0.2) is 47.5 Å². The van der Waals surface area contributed by atoms with Crippen LogP contribution in [0.4, 0.5) is 0 Å². The lowest BCUT2D eigenvalue weighted by molar-refractivity contribution is -0.306. The van der Waals surface area contributed by atoms with Gasteiger partial charge in [-0.15, -0.1) is 0 Å². The molecule has 3 aromatic rings. The number of alkyl halides is 1. The molecule has 0 spiro atoms. The first kappa shape index (κ1) is 49.0. The summed E-state index contributed by atoms with van der Waals surface area (Å²) in [6.45, 7) is 23.9. The van der Waals surface area contributed by atoms with Gasteiger partial charge in [-0.25, -0.2) is 14.4 Å². The largest absolute Gasteiger partial charge is 0.452 e. The summed E-state index contributed by atoms with van der Waals surface area (Å²) in [4.78, 5) is 41.4. The maximum absolute atomic E-state index is 13.9. The number of benzene rings is 3. The smallest absolute Gasteiger partial charge is 0.338 e. The van der Waals surface area contributed by atoms with Crippen molar-refractivity contribution in [1.82, 2.24) is 0 Å². The summed E-state index contributed by atoms with van der Waals surface area (Å²) in [7, 11) is -3.26. The van der Waals surface area contributed by atoms with Gasteiger partial charge in [0.25, 0.3) is 0 Å². The van der Waals surface area contributed by atoms with E-state index in [1.54, 1.807) is 91.0 Å². The zero-order valence-corrected chi connectivity index (χ0v) is 41.6. The lowest BCUT2D eigenvalue weighted by atomic mass is 9.97. The van der Waals surface area contributed by atoms with Crippen molar-refractivity contribution in [3.05, 3.63) is 108 Å². The molecule has 0 radical (unpaired) electrons. The van der Waals surface area contributed by atoms with E-state index in [2.05, 4.69) is 90.3 Å². The van der Waals surface area contributed by atoms with Crippen LogP contribution in [0, 0.1) is 0 Å². The molecule has 2 saturated heterocycles. The Balaban J connectivity index is 1.51. The predicted octanol–water partition coefficient (Wildman–Crippen LogP) is 9.38. The molecule has 5 rings (SSSR count). The van der Waals surface area contributed by atoms with Crippen molar-refractivity contribution in [3.63, 3.8) is 0 Å². The molecule has 2 heterocycles. The van der Waals surface area contributed by atoms with Crippen LogP contribution in [0.3, 0.4) is 0 Å². The molecular weight excluding hydrogens is 928 g/mol. The second-order valence-electron chi connectivity index (χ2n) is 18.7. The summed E-state index contributed by atoms with van der Waals surface area (Å²) in [5, 5.41) is -0.144. The first-order valence-electron chi connectivity index (χ1n) is 20.8. The summed E-state index contributed by atoms with van der Waals surface area (Å²) < 4.78 is 58.0. The highest BCUT2D eigenvalue weighted by molar-refractivity contribution is 14.1. The van der Waals surface area contributed by atoms with Crippen LogP contribution >= 0.6 is 22.6 Å². The Morgan fingerprint density at radius 1 is 0.574 bits per heavy atom. The van der Waals surface area contributed by atoms with Crippen molar-refractivity contribution in [1.29, 1.82) is 0 Å². The van der Waals surface area contributed by atoms with Crippen LogP contribution in [0.15, 0.2) is 91.0 Å². The molecule has 0 aliphatic carbocycles. The van der Waals surface area contributed by atoms with Crippen LogP contribution in [0.25, 0.3) is 0 Å². The molecule has 0 saturated carbocycles. The molecule has 2 fully saturated rings. The lowest BCUT2D eigenvalue weighted by Gasteiger charge is -2.51. The third kappa shape index (κ3) is 12.0. The monoisotopic (exact) mass is 990 g/mol. The molecule has 0 aromatic heterocycles. The van der Waals surface area contributed by atoms with E-state index in [9.17, 15) is 14.4 Å². The van der Waals surface area contributed by atoms with E-state index < -0.39 is 83.7 Å². The SMILES string of the molecule is CO[C@@H]1O[C@H](CO[C@H]2O[C@H](C)[C@@H](O[Si](C)(C)C(C)(C)C)[C@H](O[Si](C)(C)C(C)(C)C)[C@H]2I)[C@@H](OC(=O)c2ccccc2)[C@H](OC(=O)c2ccccc2)[C@H]1OC(=O)c1ccccc1. The van der Waals surface area contributed by atoms with E-state index in [1.165, 1.54) is 7.11 Å². The minimum absolute atomic E-state index is 0.0570. The molecule has 2 aliphatic rings. The van der Waals surface area contributed by atoms with Gasteiger partial charge in [0.1, 0.15) is 6.10 Å². The van der Waals surface area contributed by atoms with Crippen LogP contribution in [-0.4, -0.2) is 107 Å². The Morgan fingerprint density at radius 2 is 0.967 bits per heavy atom. The zero-order valence-electron chi connectivity index (χ0n) is 37.4. The number of ether oxygens (including phenoxy) is 7. The average Bonchev–Trinajstić information content (AvgIpc) is 3.21. The van der Waals surface area contributed by atoms with Gasteiger partial charge in [0.2, 0.25) is 0 Å². The van der Waals surface area contributed by atoms with Gasteiger partial charge in [0, 0.05) is 7.11 Å². The van der Waals surface area contributed by atoms with Crippen molar-refractivity contribution in [3.8, 4) is 0 Å². The molecule has 0 amide bonds. The topological polar surface area (TPSA) is 134 Å². The fourth-order valence-corrected chi connectivity index (χ4v) is 10.4. The Hall–Kier alpha value is -3.01. The Kier molecular flexibility index (Phi) is 16.3. The van der Waals surface area contributed by atoms with Crippen molar-refractivity contribution in [2.45, 2.75) is 144 Å². The number of rotatable bonds is 14. The standard InChI is InChI=1S/C46H63IO12Si2/c1-29-35(58-60(9,10)45(2,3)4)37(59-61(11,12)46(5,6)7)34(47)43(53-29)52-28-33-36(55-40(48)30-22-16-13-17-23-30)38(56-41(49)31-24-18-14-19-25-31)39(44(51-8)54-33)57-42(50)32-26-20-15-21-27-32/h13-27,29,33-39,43-44H,28H2,1-12H3/t29-,33-,34-,35-,36-,37-,38+,39-,43+,44-/m1/s1. The first-order valence-corrected chi connectivity index (χ1v) is 27.8. The summed E-state index contributed by atoms with van der Waals surface area (Å²) >= 11 is 2.34. The van der Waals surface area contributed by atoms with Crippen molar-refractivity contribution < 1.29 is 56.4 Å². The van der Waals surface area contributed by atoms with E-state index in [4.69, 9.17) is 42.0 Å². The highest BCUT2D eigenvalue weighted by Crippen LogP contribution is 2.44. The number of hydrogen-bond acceptors (Lipinski definition) is 12. The molecule has 10 atom stereocenters. The fraction of sp³-hybridized carbons (Fsp3) is 0.543. The molecule has 2 aliphatic heterocycles. The number of esters is 3. The minimum Gasteiger partial charge on any atom is -0.452 e. The van der Waals surface area contributed by atoms with E-state index in [-0.39, 0.29) is 43.4 Å². The van der Waals surface area contributed by atoms with Gasteiger partial charge in [0.05, 0.1) is 45.5 Å². The molecule has 15 heteroatoms.